The quantitative estimate of drug-likeness (QED) is 0.380. The molecule has 0 unspecified atom stereocenters. The first-order chi connectivity index (χ1) is 15.2. The fourth-order valence-corrected chi connectivity index (χ4v) is 4.53. The number of nitrogens with two attached hydrogens (primary N) is 1. The number of fused-ring (bicyclic) bond motifs is 1. The summed E-state index contributed by atoms with van der Waals surface area (Å²) >= 11 is 1.30. The molecule has 0 aliphatic heterocycles. The molecule has 6 heteroatoms. The Hall–Kier alpha value is -4.03. The number of amides is 1. The second-order valence-corrected chi connectivity index (χ2v) is 8.01. The number of benzene rings is 2. The summed E-state index contributed by atoms with van der Waals surface area (Å²) < 4.78 is 0. The summed E-state index contributed by atoms with van der Waals surface area (Å²) in [6.07, 6.45) is 3.26. The van der Waals surface area contributed by atoms with E-state index in [1.165, 1.54) is 11.3 Å². The summed E-state index contributed by atoms with van der Waals surface area (Å²) in [5.74, 6) is -0.270. The van der Waals surface area contributed by atoms with E-state index in [2.05, 4.69) is 10.3 Å². The van der Waals surface area contributed by atoms with E-state index in [1.54, 1.807) is 24.5 Å². The highest BCUT2D eigenvalue weighted by Gasteiger charge is 2.21. The Morgan fingerprint density at radius 2 is 1.61 bits per heavy atom. The standard InChI is InChI=1S/C25H18N4OS/c26-22-21-19(16-8-3-1-4-9-16)14-20(17-10-5-2-6-11-17)29-25(21)31-23(22)24(30)28-18-12-7-13-27-15-18/h1-15H,26H2,(H,28,30). The number of hydrogen-bond acceptors (Lipinski definition) is 5. The third kappa shape index (κ3) is 3.65. The number of nitrogen functional groups attached to an aromatic ring is 1. The largest absolute Gasteiger partial charge is 0.397 e. The van der Waals surface area contributed by atoms with E-state index in [0.717, 1.165) is 32.6 Å². The molecule has 0 spiro atoms. The number of carbonyl (C=O) groups excluding carboxylic acids is 1. The molecule has 3 N–H and O–H groups in total. The van der Waals surface area contributed by atoms with E-state index >= 15 is 0 Å². The smallest absolute Gasteiger partial charge is 0.267 e. The van der Waals surface area contributed by atoms with E-state index in [0.29, 0.717) is 16.3 Å². The Kier molecular flexibility index (Phi) is 4.90. The summed E-state index contributed by atoms with van der Waals surface area (Å²) in [5, 5.41) is 3.67. The molecule has 0 bridgehead atoms. The maximum atomic E-state index is 13.0. The minimum atomic E-state index is -0.270. The lowest BCUT2D eigenvalue weighted by molar-refractivity contribution is 0.103. The zero-order valence-electron chi connectivity index (χ0n) is 16.4. The van der Waals surface area contributed by atoms with Crippen LogP contribution < -0.4 is 11.1 Å². The SMILES string of the molecule is Nc1c(C(=O)Nc2cccnc2)sc2nc(-c3ccccc3)cc(-c3ccccc3)c12. The van der Waals surface area contributed by atoms with Gasteiger partial charge in [-0.2, -0.15) is 0 Å². The normalized spacial score (nSPS) is 10.8. The van der Waals surface area contributed by atoms with Crippen LogP contribution in [0.5, 0.6) is 0 Å². The van der Waals surface area contributed by atoms with Gasteiger partial charge in [0.1, 0.15) is 9.71 Å². The van der Waals surface area contributed by atoms with Gasteiger partial charge in [-0.1, -0.05) is 60.7 Å². The van der Waals surface area contributed by atoms with Gasteiger partial charge in [0.25, 0.3) is 5.91 Å². The molecule has 5 nitrogen and oxygen atoms in total. The molecular weight excluding hydrogens is 404 g/mol. The maximum absolute atomic E-state index is 13.0. The molecule has 3 aromatic heterocycles. The number of thiophene rings is 1. The van der Waals surface area contributed by atoms with E-state index in [9.17, 15) is 4.79 Å². The highest BCUT2D eigenvalue weighted by Crippen LogP contribution is 2.41. The van der Waals surface area contributed by atoms with Crippen LogP contribution in [0.15, 0.2) is 91.3 Å². The molecule has 150 valence electrons. The summed E-state index contributed by atoms with van der Waals surface area (Å²) in [5.41, 5.74) is 11.4. The van der Waals surface area contributed by atoms with Crippen LogP contribution in [-0.4, -0.2) is 15.9 Å². The predicted molar refractivity (Wildman–Crippen MR) is 127 cm³/mol. The molecule has 0 radical (unpaired) electrons. The average Bonchev–Trinajstić information content (AvgIpc) is 3.17. The van der Waals surface area contributed by atoms with Crippen molar-refractivity contribution in [3.05, 3.63) is 96.1 Å². The lowest BCUT2D eigenvalue weighted by atomic mass is 9.99. The van der Waals surface area contributed by atoms with Crippen molar-refractivity contribution in [2.45, 2.75) is 0 Å². The second kappa shape index (κ2) is 8.01. The average molecular weight is 423 g/mol. The molecule has 3 heterocycles. The molecule has 0 aliphatic carbocycles. The molecular formula is C25H18N4OS. The fourth-order valence-electron chi connectivity index (χ4n) is 3.52. The van der Waals surface area contributed by atoms with Gasteiger partial charge in [-0.3, -0.25) is 9.78 Å². The molecule has 5 rings (SSSR count). The topological polar surface area (TPSA) is 80.9 Å². The molecule has 5 aromatic rings. The molecule has 1 amide bonds. The van der Waals surface area contributed by atoms with Gasteiger partial charge in [-0.15, -0.1) is 11.3 Å². The van der Waals surface area contributed by atoms with Crippen molar-refractivity contribution in [2.75, 3.05) is 11.1 Å². The fraction of sp³-hybridized carbons (Fsp3) is 0. The molecule has 0 atom stereocenters. The first-order valence-electron chi connectivity index (χ1n) is 9.76. The Balaban J connectivity index is 1.69. The first kappa shape index (κ1) is 19.0. The second-order valence-electron chi connectivity index (χ2n) is 7.01. The van der Waals surface area contributed by atoms with Gasteiger partial charge in [-0.25, -0.2) is 4.98 Å². The van der Waals surface area contributed by atoms with Crippen molar-refractivity contribution in [1.82, 2.24) is 9.97 Å². The third-order valence-electron chi connectivity index (χ3n) is 4.98. The molecule has 31 heavy (non-hydrogen) atoms. The number of carbonyl (C=O) groups is 1. The van der Waals surface area contributed by atoms with Gasteiger partial charge < -0.3 is 11.1 Å². The monoisotopic (exact) mass is 422 g/mol. The maximum Gasteiger partial charge on any atom is 0.267 e. The Morgan fingerprint density at radius 1 is 0.903 bits per heavy atom. The van der Waals surface area contributed by atoms with Gasteiger partial charge in [-0.05, 0) is 29.3 Å². The molecule has 0 saturated heterocycles. The number of nitrogens with one attached hydrogen (secondary N) is 1. The Morgan fingerprint density at radius 3 is 2.29 bits per heavy atom. The van der Waals surface area contributed by atoms with Crippen LogP contribution in [0.2, 0.25) is 0 Å². The third-order valence-corrected chi connectivity index (χ3v) is 6.08. The highest BCUT2D eigenvalue weighted by atomic mass is 32.1. The first-order valence-corrected chi connectivity index (χ1v) is 10.6. The van der Waals surface area contributed by atoms with Crippen LogP contribution in [-0.2, 0) is 0 Å². The van der Waals surface area contributed by atoms with Crippen molar-refractivity contribution < 1.29 is 4.79 Å². The highest BCUT2D eigenvalue weighted by molar-refractivity contribution is 7.21. The summed E-state index contributed by atoms with van der Waals surface area (Å²) in [4.78, 5) is 23.0. The van der Waals surface area contributed by atoms with E-state index in [1.807, 2.05) is 66.7 Å². The van der Waals surface area contributed by atoms with Gasteiger partial charge >= 0.3 is 0 Å². The number of nitrogens with zero attached hydrogens (tertiary/aromatic N) is 2. The summed E-state index contributed by atoms with van der Waals surface area (Å²) in [6, 6.07) is 25.6. The van der Waals surface area contributed by atoms with Crippen LogP contribution in [0, 0.1) is 0 Å². The Labute approximate surface area is 183 Å². The molecule has 0 aliphatic rings. The van der Waals surface area contributed by atoms with Crippen molar-refractivity contribution in [3.8, 4) is 22.4 Å². The number of aromatic nitrogens is 2. The molecule has 0 saturated carbocycles. The summed E-state index contributed by atoms with van der Waals surface area (Å²) in [7, 11) is 0. The van der Waals surface area contributed by atoms with Crippen molar-refractivity contribution in [1.29, 1.82) is 0 Å². The summed E-state index contributed by atoms with van der Waals surface area (Å²) in [6.45, 7) is 0. The van der Waals surface area contributed by atoms with E-state index in [4.69, 9.17) is 10.7 Å². The number of pyridine rings is 2. The minimum absolute atomic E-state index is 0.270. The van der Waals surface area contributed by atoms with Gasteiger partial charge in [0, 0.05) is 17.1 Å². The van der Waals surface area contributed by atoms with Crippen LogP contribution in [0.25, 0.3) is 32.6 Å². The number of anilines is 2. The lowest BCUT2D eigenvalue weighted by Gasteiger charge is -2.09. The van der Waals surface area contributed by atoms with Crippen LogP contribution >= 0.6 is 11.3 Å². The zero-order chi connectivity index (χ0) is 21.2. The molecule has 2 aromatic carbocycles. The number of rotatable bonds is 4. The van der Waals surface area contributed by atoms with Gasteiger partial charge in [0.05, 0.1) is 23.3 Å². The van der Waals surface area contributed by atoms with Crippen LogP contribution in [0.4, 0.5) is 11.4 Å². The van der Waals surface area contributed by atoms with Crippen molar-refractivity contribution >= 4 is 38.8 Å². The Bertz CT molecular complexity index is 1370. The van der Waals surface area contributed by atoms with Crippen LogP contribution in [0.1, 0.15) is 9.67 Å². The van der Waals surface area contributed by atoms with Crippen molar-refractivity contribution in [2.24, 2.45) is 0 Å². The van der Waals surface area contributed by atoms with Gasteiger partial charge in [0.2, 0.25) is 0 Å². The van der Waals surface area contributed by atoms with E-state index in [-0.39, 0.29) is 5.91 Å². The van der Waals surface area contributed by atoms with Crippen LogP contribution in [0.3, 0.4) is 0 Å². The van der Waals surface area contributed by atoms with Crippen molar-refractivity contribution in [3.63, 3.8) is 0 Å². The van der Waals surface area contributed by atoms with E-state index < -0.39 is 0 Å². The zero-order valence-corrected chi connectivity index (χ0v) is 17.3. The minimum Gasteiger partial charge on any atom is -0.397 e. The lowest BCUT2D eigenvalue weighted by Crippen LogP contribution is -2.12. The number of hydrogen-bond donors (Lipinski definition) is 2. The van der Waals surface area contributed by atoms with Gasteiger partial charge in [0.15, 0.2) is 0 Å². The molecule has 0 fully saturated rings. The predicted octanol–water partition coefficient (Wildman–Crippen LogP) is 5.86.